The lowest BCUT2D eigenvalue weighted by Crippen LogP contribution is -2.45. The van der Waals surface area contributed by atoms with E-state index in [1.54, 1.807) is 0 Å². The van der Waals surface area contributed by atoms with Crippen molar-refractivity contribution in [2.45, 2.75) is 37.5 Å². The minimum atomic E-state index is -0.519. The van der Waals surface area contributed by atoms with Crippen molar-refractivity contribution in [3.05, 3.63) is 23.8 Å². The third-order valence-electron chi connectivity index (χ3n) is 4.26. The lowest BCUT2D eigenvalue weighted by molar-refractivity contribution is -0.138. The van der Waals surface area contributed by atoms with Gasteiger partial charge in [0.2, 0.25) is 6.79 Å². The standard InChI is InChI=1S/C15H19NO4/c1-18-16-14(17)15(7-3-2-4-8-15)11-5-6-12-13(9-11)20-10-19-12/h5-6,9H,2-4,7-8,10H2,1H3,(H,16,17). The van der Waals surface area contributed by atoms with Crippen LogP contribution in [0.25, 0.3) is 0 Å². The van der Waals surface area contributed by atoms with Crippen LogP contribution < -0.4 is 15.0 Å². The Morgan fingerprint density at radius 2 is 1.95 bits per heavy atom. The lowest BCUT2D eigenvalue weighted by Gasteiger charge is -2.36. The van der Waals surface area contributed by atoms with Crippen molar-refractivity contribution in [3.63, 3.8) is 0 Å². The van der Waals surface area contributed by atoms with E-state index in [4.69, 9.17) is 14.3 Å². The van der Waals surface area contributed by atoms with E-state index in [9.17, 15) is 4.79 Å². The number of hydrogen-bond donors (Lipinski definition) is 1. The fraction of sp³-hybridized carbons (Fsp3) is 0.533. The number of ether oxygens (including phenoxy) is 2. The van der Waals surface area contributed by atoms with Gasteiger partial charge in [0.15, 0.2) is 11.5 Å². The zero-order valence-electron chi connectivity index (χ0n) is 11.6. The average Bonchev–Trinajstić information content (AvgIpc) is 2.95. The Kier molecular flexibility index (Phi) is 3.53. The van der Waals surface area contributed by atoms with Gasteiger partial charge in [0, 0.05) is 0 Å². The van der Waals surface area contributed by atoms with Crippen LogP contribution in [0.2, 0.25) is 0 Å². The summed E-state index contributed by atoms with van der Waals surface area (Å²) in [5, 5.41) is 0. The number of carbonyl (C=O) groups is 1. The van der Waals surface area contributed by atoms with Gasteiger partial charge in [-0.3, -0.25) is 9.63 Å². The Morgan fingerprint density at radius 3 is 2.70 bits per heavy atom. The van der Waals surface area contributed by atoms with Crippen LogP contribution in [-0.2, 0) is 15.0 Å². The Balaban J connectivity index is 1.98. The molecule has 0 spiro atoms. The Bertz CT molecular complexity index is 509. The number of hydrogen-bond acceptors (Lipinski definition) is 4. The first-order chi connectivity index (χ1) is 9.76. The van der Waals surface area contributed by atoms with E-state index in [1.807, 2.05) is 18.2 Å². The molecule has 1 N–H and O–H groups in total. The second kappa shape index (κ2) is 5.32. The van der Waals surface area contributed by atoms with E-state index in [-0.39, 0.29) is 12.7 Å². The van der Waals surface area contributed by atoms with Gasteiger partial charge in [-0.1, -0.05) is 25.3 Å². The molecule has 1 fully saturated rings. The number of amides is 1. The van der Waals surface area contributed by atoms with Crippen LogP contribution in [0, 0.1) is 0 Å². The predicted molar refractivity (Wildman–Crippen MR) is 72.5 cm³/mol. The van der Waals surface area contributed by atoms with Gasteiger partial charge in [-0.05, 0) is 30.5 Å². The maximum absolute atomic E-state index is 12.5. The van der Waals surface area contributed by atoms with Crippen LogP contribution in [0.1, 0.15) is 37.7 Å². The molecule has 20 heavy (non-hydrogen) atoms. The molecule has 0 saturated heterocycles. The number of fused-ring (bicyclic) bond motifs is 1. The molecule has 0 radical (unpaired) electrons. The van der Waals surface area contributed by atoms with Crippen molar-refractivity contribution in [2.24, 2.45) is 0 Å². The topological polar surface area (TPSA) is 56.8 Å². The quantitative estimate of drug-likeness (QED) is 0.861. The average molecular weight is 277 g/mol. The minimum Gasteiger partial charge on any atom is -0.454 e. The van der Waals surface area contributed by atoms with E-state index in [0.29, 0.717) is 0 Å². The first-order valence-electron chi connectivity index (χ1n) is 7.00. The summed E-state index contributed by atoms with van der Waals surface area (Å²) in [5.74, 6) is 1.39. The highest BCUT2D eigenvalue weighted by molar-refractivity contribution is 5.87. The van der Waals surface area contributed by atoms with E-state index in [2.05, 4.69) is 5.48 Å². The molecule has 0 bridgehead atoms. The van der Waals surface area contributed by atoms with Gasteiger partial charge in [-0.15, -0.1) is 0 Å². The van der Waals surface area contributed by atoms with E-state index >= 15 is 0 Å². The van der Waals surface area contributed by atoms with Crippen LogP contribution in [-0.4, -0.2) is 19.8 Å². The molecule has 108 valence electrons. The minimum absolute atomic E-state index is 0.0708. The van der Waals surface area contributed by atoms with Gasteiger partial charge in [0.25, 0.3) is 5.91 Å². The summed E-state index contributed by atoms with van der Waals surface area (Å²) in [4.78, 5) is 17.4. The summed E-state index contributed by atoms with van der Waals surface area (Å²) >= 11 is 0. The molecule has 2 aliphatic rings. The fourth-order valence-corrected chi connectivity index (χ4v) is 3.19. The Morgan fingerprint density at radius 1 is 1.20 bits per heavy atom. The van der Waals surface area contributed by atoms with Gasteiger partial charge in [0.1, 0.15) is 0 Å². The summed E-state index contributed by atoms with van der Waals surface area (Å²) in [7, 11) is 1.47. The Hall–Kier alpha value is -1.75. The molecular formula is C15H19NO4. The largest absolute Gasteiger partial charge is 0.454 e. The molecule has 5 nitrogen and oxygen atoms in total. The smallest absolute Gasteiger partial charge is 0.254 e. The van der Waals surface area contributed by atoms with Gasteiger partial charge < -0.3 is 9.47 Å². The number of rotatable bonds is 3. The molecular weight excluding hydrogens is 258 g/mol. The highest BCUT2D eigenvalue weighted by Gasteiger charge is 2.42. The molecule has 1 saturated carbocycles. The second-order valence-corrected chi connectivity index (χ2v) is 5.35. The molecule has 0 unspecified atom stereocenters. The highest BCUT2D eigenvalue weighted by atomic mass is 16.7. The number of benzene rings is 1. The van der Waals surface area contributed by atoms with Gasteiger partial charge in [-0.25, -0.2) is 5.48 Å². The molecule has 0 atom stereocenters. The zero-order valence-corrected chi connectivity index (χ0v) is 11.6. The maximum Gasteiger partial charge on any atom is 0.254 e. The molecule has 1 aliphatic heterocycles. The van der Waals surface area contributed by atoms with Crippen molar-refractivity contribution < 1.29 is 19.1 Å². The molecule has 3 rings (SSSR count). The molecule has 1 aromatic carbocycles. The van der Waals surface area contributed by atoms with Crippen LogP contribution in [0.15, 0.2) is 18.2 Å². The molecule has 5 heteroatoms. The van der Waals surface area contributed by atoms with E-state index < -0.39 is 5.41 Å². The van der Waals surface area contributed by atoms with Crippen molar-refractivity contribution in [1.82, 2.24) is 5.48 Å². The van der Waals surface area contributed by atoms with Crippen LogP contribution in [0.5, 0.6) is 11.5 Å². The number of hydroxylamine groups is 1. The third kappa shape index (κ3) is 2.12. The molecule has 1 aromatic rings. The van der Waals surface area contributed by atoms with Crippen LogP contribution in [0.3, 0.4) is 0 Å². The lowest BCUT2D eigenvalue weighted by atomic mass is 9.69. The Labute approximate surface area is 118 Å². The summed E-state index contributed by atoms with van der Waals surface area (Å²) in [5.41, 5.74) is 2.98. The second-order valence-electron chi connectivity index (χ2n) is 5.35. The van der Waals surface area contributed by atoms with Crippen molar-refractivity contribution in [3.8, 4) is 11.5 Å². The highest BCUT2D eigenvalue weighted by Crippen LogP contribution is 2.43. The zero-order chi connectivity index (χ0) is 14.0. The van der Waals surface area contributed by atoms with Gasteiger partial charge >= 0.3 is 0 Å². The molecule has 1 heterocycles. The monoisotopic (exact) mass is 277 g/mol. The number of nitrogens with one attached hydrogen (secondary N) is 1. The fourth-order valence-electron chi connectivity index (χ4n) is 3.19. The SMILES string of the molecule is CONC(=O)C1(c2ccc3c(c2)OCO3)CCCCC1. The normalized spacial score (nSPS) is 19.6. The summed E-state index contributed by atoms with van der Waals surface area (Å²) < 4.78 is 10.8. The van der Waals surface area contributed by atoms with Gasteiger partial charge in [0.05, 0.1) is 12.5 Å². The van der Waals surface area contributed by atoms with Gasteiger partial charge in [-0.2, -0.15) is 0 Å². The van der Waals surface area contributed by atoms with E-state index in [0.717, 1.165) is 42.7 Å². The van der Waals surface area contributed by atoms with Crippen molar-refractivity contribution >= 4 is 5.91 Å². The third-order valence-corrected chi connectivity index (χ3v) is 4.26. The number of carbonyl (C=O) groups excluding carboxylic acids is 1. The van der Waals surface area contributed by atoms with E-state index in [1.165, 1.54) is 13.5 Å². The summed E-state index contributed by atoms with van der Waals surface area (Å²) in [6.07, 6.45) is 4.94. The predicted octanol–water partition coefficient (Wildman–Crippen LogP) is 2.29. The summed E-state index contributed by atoms with van der Waals surface area (Å²) in [6, 6.07) is 5.78. The van der Waals surface area contributed by atoms with Crippen molar-refractivity contribution in [1.29, 1.82) is 0 Å². The van der Waals surface area contributed by atoms with Crippen molar-refractivity contribution in [2.75, 3.05) is 13.9 Å². The van der Waals surface area contributed by atoms with Crippen LogP contribution >= 0.6 is 0 Å². The molecule has 1 aliphatic carbocycles. The van der Waals surface area contributed by atoms with Crippen LogP contribution in [0.4, 0.5) is 0 Å². The summed E-state index contributed by atoms with van der Waals surface area (Å²) in [6.45, 7) is 0.246. The molecule has 1 amide bonds. The maximum atomic E-state index is 12.5. The first kappa shape index (κ1) is 13.2. The molecule has 0 aromatic heterocycles. The first-order valence-corrected chi connectivity index (χ1v) is 7.00.